The van der Waals surface area contributed by atoms with E-state index in [0.717, 1.165) is 5.82 Å². The minimum absolute atomic E-state index is 0.0329. The molecular formula is C13H21N5O3. The highest BCUT2D eigenvalue weighted by molar-refractivity contribution is 5.74. The van der Waals surface area contributed by atoms with E-state index in [2.05, 4.69) is 4.98 Å². The van der Waals surface area contributed by atoms with Crippen molar-refractivity contribution in [2.24, 2.45) is 7.05 Å². The van der Waals surface area contributed by atoms with Crippen molar-refractivity contribution in [3.63, 3.8) is 0 Å². The van der Waals surface area contributed by atoms with E-state index in [4.69, 9.17) is 5.11 Å². The van der Waals surface area contributed by atoms with Gasteiger partial charge >= 0.3 is 12.0 Å². The van der Waals surface area contributed by atoms with E-state index in [-0.39, 0.29) is 12.6 Å². The van der Waals surface area contributed by atoms with Crippen LogP contribution in [0.1, 0.15) is 5.82 Å². The summed E-state index contributed by atoms with van der Waals surface area (Å²) < 4.78 is 1.88. The summed E-state index contributed by atoms with van der Waals surface area (Å²) in [6.45, 7) is 2.78. The van der Waals surface area contributed by atoms with Crippen molar-refractivity contribution in [1.82, 2.24) is 24.3 Å². The predicted molar refractivity (Wildman–Crippen MR) is 75.7 cm³/mol. The number of amides is 2. The summed E-state index contributed by atoms with van der Waals surface area (Å²) in [5.74, 6) is -0.00274. The molecule has 2 heterocycles. The molecule has 0 unspecified atom stereocenters. The van der Waals surface area contributed by atoms with Crippen molar-refractivity contribution < 1.29 is 14.7 Å². The Hall–Kier alpha value is -2.09. The van der Waals surface area contributed by atoms with Gasteiger partial charge in [-0.2, -0.15) is 0 Å². The van der Waals surface area contributed by atoms with Crippen LogP contribution in [-0.2, 0) is 18.4 Å². The molecule has 21 heavy (non-hydrogen) atoms. The number of imidazole rings is 1. The Morgan fingerprint density at radius 3 is 2.52 bits per heavy atom. The number of aliphatic carboxylic acids is 1. The Bertz CT molecular complexity index is 508. The number of carboxylic acid groups (broad SMARTS) is 1. The fourth-order valence-electron chi connectivity index (χ4n) is 2.36. The Kier molecular flexibility index (Phi) is 4.79. The molecule has 1 fully saturated rings. The Morgan fingerprint density at radius 2 is 2.00 bits per heavy atom. The third-order valence-electron chi connectivity index (χ3n) is 3.63. The van der Waals surface area contributed by atoms with Crippen molar-refractivity contribution in [3.05, 3.63) is 18.2 Å². The van der Waals surface area contributed by atoms with Crippen LogP contribution in [0.4, 0.5) is 4.79 Å². The van der Waals surface area contributed by atoms with Crippen LogP contribution in [0.15, 0.2) is 12.4 Å². The van der Waals surface area contributed by atoms with Crippen LogP contribution in [0.3, 0.4) is 0 Å². The maximum absolute atomic E-state index is 12.3. The number of piperazine rings is 1. The molecule has 0 atom stereocenters. The second-order valence-electron chi connectivity index (χ2n) is 5.25. The summed E-state index contributed by atoms with van der Waals surface area (Å²) in [5, 5.41) is 8.76. The van der Waals surface area contributed by atoms with Crippen LogP contribution in [-0.4, -0.2) is 81.1 Å². The molecule has 1 aromatic rings. The lowest BCUT2D eigenvalue weighted by Crippen LogP contribution is -2.52. The lowest BCUT2D eigenvalue weighted by Gasteiger charge is -2.35. The van der Waals surface area contributed by atoms with Gasteiger partial charge in [0, 0.05) is 52.7 Å². The monoisotopic (exact) mass is 295 g/mol. The Morgan fingerprint density at radius 1 is 1.33 bits per heavy atom. The average molecular weight is 295 g/mol. The number of rotatable bonds is 4. The van der Waals surface area contributed by atoms with Crippen LogP contribution in [0, 0.1) is 0 Å². The summed E-state index contributed by atoms with van der Waals surface area (Å²) >= 11 is 0. The van der Waals surface area contributed by atoms with Crippen LogP contribution in [0.2, 0.25) is 0 Å². The third kappa shape index (κ3) is 3.94. The summed E-state index contributed by atoms with van der Waals surface area (Å²) in [7, 11) is 3.64. The molecule has 1 saturated heterocycles. The molecule has 0 aromatic carbocycles. The number of hydrogen-bond donors (Lipinski definition) is 1. The molecule has 1 N–H and O–H groups in total. The minimum Gasteiger partial charge on any atom is -0.480 e. The second-order valence-corrected chi connectivity index (χ2v) is 5.25. The molecule has 8 heteroatoms. The SMILES string of the molecule is CN(Cc1nccn1C)C(=O)N1CCN(CC(=O)O)CC1. The number of carbonyl (C=O) groups is 2. The lowest BCUT2D eigenvalue weighted by atomic mass is 10.3. The van der Waals surface area contributed by atoms with E-state index in [9.17, 15) is 9.59 Å². The number of nitrogens with zero attached hydrogens (tertiary/aromatic N) is 5. The molecule has 0 radical (unpaired) electrons. The van der Waals surface area contributed by atoms with E-state index in [1.165, 1.54) is 0 Å². The summed E-state index contributed by atoms with van der Waals surface area (Å²) in [6.07, 6.45) is 3.55. The zero-order valence-corrected chi connectivity index (χ0v) is 12.4. The van der Waals surface area contributed by atoms with Crippen molar-refractivity contribution in [2.45, 2.75) is 6.54 Å². The number of aromatic nitrogens is 2. The number of aryl methyl sites for hydroxylation is 1. The highest BCUT2D eigenvalue weighted by atomic mass is 16.4. The number of carboxylic acids is 1. The molecule has 0 saturated carbocycles. The summed E-state index contributed by atoms with van der Waals surface area (Å²) in [6, 6.07) is -0.0482. The van der Waals surface area contributed by atoms with Gasteiger partial charge in [-0.05, 0) is 0 Å². The van der Waals surface area contributed by atoms with Crippen molar-refractivity contribution in [1.29, 1.82) is 0 Å². The van der Waals surface area contributed by atoms with E-state index in [0.29, 0.717) is 32.7 Å². The first-order valence-corrected chi connectivity index (χ1v) is 6.87. The van der Waals surface area contributed by atoms with Gasteiger partial charge in [0.15, 0.2) is 0 Å². The van der Waals surface area contributed by atoms with E-state index < -0.39 is 5.97 Å². The smallest absolute Gasteiger partial charge is 0.320 e. The highest BCUT2D eigenvalue weighted by Gasteiger charge is 2.24. The third-order valence-corrected chi connectivity index (χ3v) is 3.63. The molecule has 0 bridgehead atoms. The van der Waals surface area contributed by atoms with Gasteiger partial charge in [-0.3, -0.25) is 9.69 Å². The van der Waals surface area contributed by atoms with Crippen molar-refractivity contribution in [3.8, 4) is 0 Å². The molecule has 0 spiro atoms. The van der Waals surface area contributed by atoms with Crippen molar-refractivity contribution >= 4 is 12.0 Å². The van der Waals surface area contributed by atoms with Gasteiger partial charge in [-0.25, -0.2) is 9.78 Å². The second kappa shape index (κ2) is 6.57. The Labute approximate surface area is 123 Å². The quantitative estimate of drug-likeness (QED) is 0.823. The molecule has 0 aliphatic carbocycles. The van der Waals surface area contributed by atoms with Crippen LogP contribution in [0.25, 0.3) is 0 Å². The molecule has 1 aromatic heterocycles. The van der Waals surface area contributed by atoms with E-state index in [1.807, 2.05) is 22.7 Å². The fourth-order valence-corrected chi connectivity index (χ4v) is 2.36. The van der Waals surface area contributed by atoms with Gasteiger partial charge in [0.2, 0.25) is 0 Å². The standard InChI is InChI=1S/C13H21N5O3/c1-15-4-3-14-11(15)9-16(2)13(21)18-7-5-17(6-8-18)10-12(19)20/h3-4H,5-10H2,1-2H3,(H,19,20). The molecule has 1 aliphatic rings. The molecule has 2 rings (SSSR count). The first-order valence-electron chi connectivity index (χ1n) is 6.87. The topological polar surface area (TPSA) is 81.9 Å². The van der Waals surface area contributed by atoms with Crippen LogP contribution < -0.4 is 0 Å². The average Bonchev–Trinajstić information content (AvgIpc) is 2.83. The Balaban J connectivity index is 1.84. The summed E-state index contributed by atoms with van der Waals surface area (Å²) in [4.78, 5) is 32.4. The first-order chi connectivity index (χ1) is 9.97. The van der Waals surface area contributed by atoms with Crippen LogP contribution in [0.5, 0.6) is 0 Å². The maximum Gasteiger partial charge on any atom is 0.320 e. The maximum atomic E-state index is 12.3. The van der Waals surface area contributed by atoms with Crippen LogP contribution >= 0.6 is 0 Å². The lowest BCUT2D eigenvalue weighted by molar-refractivity contribution is -0.138. The molecule has 2 amide bonds. The molecule has 116 valence electrons. The minimum atomic E-state index is -0.832. The van der Waals surface area contributed by atoms with Gasteiger partial charge in [0.1, 0.15) is 5.82 Å². The highest BCUT2D eigenvalue weighted by Crippen LogP contribution is 2.07. The number of carbonyl (C=O) groups excluding carboxylic acids is 1. The number of urea groups is 1. The number of hydrogen-bond acceptors (Lipinski definition) is 4. The van der Waals surface area contributed by atoms with Crippen molar-refractivity contribution in [2.75, 3.05) is 39.8 Å². The van der Waals surface area contributed by atoms with Gasteiger partial charge in [-0.1, -0.05) is 0 Å². The van der Waals surface area contributed by atoms with Gasteiger partial charge in [0.25, 0.3) is 0 Å². The van der Waals surface area contributed by atoms with Gasteiger partial charge in [-0.15, -0.1) is 0 Å². The normalized spacial score (nSPS) is 16.0. The van der Waals surface area contributed by atoms with E-state index in [1.54, 1.807) is 23.0 Å². The van der Waals surface area contributed by atoms with E-state index >= 15 is 0 Å². The van der Waals surface area contributed by atoms with Gasteiger partial charge in [0.05, 0.1) is 13.1 Å². The predicted octanol–water partition coefficient (Wildman–Crippen LogP) is -0.326. The molecular weight excluding hydrogens is 274 g/mol. The zero-order valence-electron chi connectivity index (χ0n) is 12.4. The first kappa shape index (κ1) is 15.3. The zero-order chi connectivity index (χ0) is 15.4. The molecule has 8 nitrogen and oxygen atoms in total. The van der Waals surface area contributed by atoms with Gasteiger partial charge < -0.3 is 19.5 Å². The summed E-state index contributed by atoms with van der Waals surface area (Å²) in [5.41, 5.74) is 0. The fraction of sp³-hybridized carbons (Fsp3) is 0.615. The molecule has 1 aliphatic heterocycles. The largest absolute Gasteiger partial charge is 0.480 e.